The van der Waals surface area contributed by atoms with E-state index in [2.05, 4.69) is 5.32 Å². The molecule has 0 heterocycles. The van der Waals surface area contributed by atoms with Crippen molar-refractivity contribution in [3.8, 4) is 0 Å². The molecule has 5 heteroatoms. The second kappa shape index (κ2) is 5.25. The molecule has 0 aliphatic rings. The Bertz CT molecular complexity index is 406. The largest absolute Gasteiger partial charge is 0.481 e. The fourth-order valence-electron chi connectivity index (χ4n) is 1.19. The average molecular weight is 225 g/mol. The molecule has 1 unspecified atom stereocenters. The van der Waals surface area contributed by atoms with Gasteiger partial charge in [0.2, 0.25) is 5.91 Å². The summed E-state index contributed by atoms with van der Waals surface area (Å²) in [5.74, 6) is -2.58. The van der Waals surface area contributed by atoms with E-state index < -0.39 is 23.6 Å². The number of carboxylic acids is 1. The Kier molecular flexibility index (Phi) is 3.99. The van der Waals surface area contributed by atoms with Crippen LogP contribution >= 0.6 is 0 Å². The van der Waals surface area contributed by atoms with E-state index in [0.717, 1.165) is 0 Å². The van der Waals surface area contributed by atoms with Gasteiger partial charge in [-0.3, -0.25) is 9.59 Å². The van der Waals surface area contributed by atoms with E-state index in [4.69, 9.17) is 5.11 Å². The fourth-order valence-corrected chi connectivity index (χ4v) is 1.19. The Morgan fingerprint density at radius 1 is 1.50 bits per heavy atom. The molecule has 0 bridgehead atoms. The third kappa shape index (κ3) is 3.68. The van der Waals surface area contributed by atoms with Crippen molar-refractivity contribution < 1.29 is 19.1 Å². The number of halogens is 1. The molecule has 4 nitrogen and oxygen atoms in total. The monoisotopic (exact) mass is 225 g/mol. The Morgan fingerprint density at radius 2 is 2.19 bits per heavy atom. The molecule has 16 heavy (non-hydrogen) atoms. The predicted octanol–water partition coefficient (Wildman–Crippen LogP) is 1.88. The Morgan fingerprint density at radius 3 is 2.75 bits per heavy atom. The van der Waals surface area contributed by atoms with Gasteiger partial charge in [-0.2, -0.15) is 0 Å². The Labute approximate surface area is 92.1 Å². The Hall–Kier alpha value is -1.91. The third-order valence-corrected chi connectivity index (χ3v) is 2.02. The maximum atomic E-state index is 12.8. The number of nitrogens with one attached hydrogen (secondary N) is 1. The summed E-state index contributed by atoms with van der Waals surface area (Å²) in [5.41, 5.74) is 0.322. The van der Waals surface area contributed by atoms with Crippen molar-refractivity contribution in [2.24, 2.45) is 5.92 Å². The molecule has 2 N–H and O–H groups in total. The molecule has 0 saturated carbocycles. The van der Waals surface area contributed by atoms with E-state index in [0.29, 0.717) is 5.69 Å². The molecule has 1 aromatic rings. The number of hydrogen-bond acceptors (Lipinski definition) is 2. The number of carbonyl (C=O) groups is 2. The van der Waals surface area contributed by atoms with Gasteiger partial charge >= 0.3 is 5.97 Å². The second-order valence-corrected chi connectivity index (χ2v) is 3.50. The lowest BCUT2D eigenvalue weighted by atomic mass is 10.1. The molecule has 1 rings (SSSR count). The SMILES string of the molecule is CC(CC(=O)O)C(=O)Nc1cccc(F)c1. The van der Waals surface area contributed by atoms with E-state index in [9.17, 15) is 14.0 Å². The van der Waals surface area contributed by atoms with Crippen LogP contribution in [-0.4, -0.2) is 17.0 Å². The molecule has 1 amide bonds. The van der Waals surface area contributed by atoms with Crippen LogP contribution in [0, 0.1) is 11.7 Å². The molecule has 1 atom stereocenters. The van der Waals surface area contributed by atoms with Gasteiger partial charge < -0.3 is 10.4 Å². The van der Waals surface area contributed by atoms with E-state index >= 15 is 0 Å². The van der Waals surface area contributed by atoms with Crippen molar-refractivity contribution in [1.29, 1.82) is 0 Å². The highest BCUT2D eigenvalue weighted by molar-refractivity contribution is 5.94. The van der Waals surface area contributed by atoms with Crippen LogP contribution < -0.4 is 5.32 Å². The molecule has 0 fully saturated rings. The van der Waals surface area contributed by atoms with Gasteiger partial charge in [0, 0.05) is 11.6 Å². The van der Waals surface area contributed by atoms with Gasteiger partial charge in [0.15, 0.2) is 0 Å². The Balaban J connectivity index is 2.60. The smallest absolute Gasteiger partial charge is 0.304 e. The number of carbonyl (C=O) groups excluding carboxylic acids is 1. The summed E-state index contributed by atoms with van der Waals surface area (Å²) < 4.78 is 12.8. The predicted molar refractivity (Wildman–Crippen MR) is 56.4 cm³/mol. The molecule has 0 radical (unpaired) electrons. The van der Waals surface area contributed by atoms with Gasteiger partial charge in [0.1, 0.15) is 5.82 Å². The number of aliphatic carboxylic acids is 1. The summed E-state index contributed by atoms with van der Waals surface area (Å²) in [6, 6.07) is 5.43. The van der Waals surface area contributed by atoms with Crippen molar-refractivity contribution in [3.63, 3.8) is 0 Å². The van der Waals surface area contributed by atoms with E-state index in [1.54, 1.807) is 0 Å². The molecule has 0 spiro atoms. The summed E-state index contributed by atoms with van der Waals surface area (Å²) in [4.78, 5) is 21.8. The lowest BCUT2D eigenvalue weighted by molar-refractivity contribution is -0.139. The van der Waals surface area contributed by atoms with Gasteiger partial charge in [-0.1, -0.05) is 13.0 Å². The lowest BCUT2D eigenvalue weighted by Crippen LogP contribution is -2.22. The van der Waals surface area contributed by atoms with E-state index in [1.807, 2.05) is 0 Å². The first-order chi connectivity index (χ1) is 7.49. The van der Waals surface area contributed by atoms with Crippen molar-refractivity contribution in [2.45, 2.75) is 13.3 Å². The summed E-state index contributed by atoms with van der Waals surface area (Å²) in [7, 11) is 0. The molecule has 1 aromatic carbocycles. The number of hydrogen-bond donors (Lipinski definition) is 2. The first-order valence-electron chi connectivity index (χ1n) is 4.77. The summed E-state index contributed by atoms with van der Waals surface area (Å²) >= 11 is 0. The standard InChI is InChI=1S/C11H12FNO3/c1-7(5-10(14)15)11(16)13-9-4-2-3-8(12)6-9/h2-4,6-7H,5H2,1H3,(H,13,16)(H,14,15). The van der Waals surface area contributed by atoms with Crippen LogP contribution in [0.5, 0.6) is 0 Å². The maximum absolute atomic E-state index is 12.8. The highest BCUT2D eigenvalue weighted by Crippen LogP contribution is 2.12. The number of benzene rings is 1. The molecule has 0 aliphatic carbocycles. The van der Waals surface area contributed by atoms with Crippen LogP contribution in [0.4, 0.5) is 10.1 Å². The maximum Gasteiger partial charge on any atom is 0.304 e. The van der Waals surface area contributed by atoms with Crippen LogP contribution in [0.2, 0.25) is 0 Å². The van der Waals surface area contributed by atoms with Gasteiger partial charge in [0.05, 0.1) is 6.42 Å². The second-order valence-electron chi connectivity index (χ2n) is 3.50. The molecule has 0 aromatic heterocycles. The summed E-state index contributed by atoms with van der Waals surface area (Å²) in [6.07, 6.45) is -0.249. The first kappa shape index (κ1) is 12.2. The van der Waals surface area contributed by atoms with Crippen molar-refractivity contribution >= 4 is 17.6 Å². The zero-order valence-corrected chi connectivity index (χ0v) is 8.74. The van der Waals surface area contributed by atoms with Crippen LogP contribution in [-0.2, 0) is 9.59 Å². The first-order valence-corrected chi connectivity index (χ1v) is 4.77. The highest BCUT2D eigenvalue weighted by Gasteiger charge is 2.16. The number of rotatable bonds is 4. The highest BCUT2D eigenvalue weighted by atomic mass is 19.1. The van der Waals surface area contributed by atoms with Crippen molar-refractivity contribution in [2.75, 3.05) is 5.32 Å². The normalized spacial score (nSPS) is 11.9. The molecule has 0 aliphatic heterocycles. The van der Waals surface area contributed by atoms with Crippen molar-refractivity contribution in [1.82, 2.24) is 0 Å². The van der Waals surface area contributed by atoms with E-state index in [1.165, 1.54) is 31.2 Å². The summed E-state index contributed by atoms with van der Waals surface area (Å²) in [6.45, 7) is 1.50. The zero-order valence-electron chi connectivity index (χ0n) is 8.74. The number of carboxylic acid groups (broad SMARTS) is 1. The van der Waals surface area contributed by atoms with Gasteiger partial charge in [0.25, 0.3) is 0 Å². The third-order valence-electron chi connectivity index (χ3n) is 2.02. The van der Waals surface area contributed by atoms with Gasteiger partial charge in [-0.05, 0) is 18.2 Å². The van der Waals surface area contributed by atoms with Gasteiger partial charge in [-0.15, -0.1) is 0 Å². The minimum absolute atomic E-state index is 0.249. The minimum Gasteiger partial charge on any atom is -0.481 e. The fraction of sp³-hybridized carbons (Fsp3) is 0.273. The van der Waals surface area contributed by atoms with E-state index in [-0.39, 0.29) is 6.42 Å². The van der Waals surface area contributed by atoms with Gasteiger partial charge in [-0.25, -0.2) is 4.39 Å². The quantitative estimate of drug-likeness (QED) is 0.822. The molecular formula is C11H12FNO3. The lowest BCUT2D eigenvalue weighted by Gasteiger charge is -2.09. The topological polar surface area (TPSA) is 66.4 Å². The number of anilines is 1. The minimum atomic E-state index is -1.04. The molecular weight excluding hydrogens is 213 g/mol. The zero-order chi connectivity index (χ0) is 12.1. The summed E-state index contributed by atoms with van der Waals surface area (Å²) in [5, 5.41) is 10.9. The molecule has 86 valence electrons. The number of amides is 1. The van der Waals surface area contributed by atoms with Crippen LogP contribution in [0.15, 0.2) is 24.3 Å². The van der Waals surface area contributed by atoms with Crippen LogP contribution in [0.3, 0.4) is 0 Å². The average Bonchev–Trinajstić information content (AvgIpc) is 2.16. The molecule has 0 saturated heterocycles. The van der Waals surface area contributed by atoms with Crippen LogP contribution in [0.1, 0.15) is 13.3 Å². The van der Waals surface area contributed by atoms with Crippen LogP contribution in [0.25, 0.3) is 0 Å². The van der Waals surface area contributed by atoms with Crippen molar-refractivity contribution in [3.05, 3.63) is 30.1 Å².